The number of hydrogen-bond acceptors (Lipinski definition) is 2. The van der Waals surface area contributed by atoms with Gasteiger partial charge in [0, 0.05) is 10.6 Å². The first-order chi connectivity index (χ1) is 6.50. The van der Waals surface area contributed by atoms with Crippen LogP contribution >= 0.6 is 11.6 Å². The maximum absolute atomic E-state index is 13.5. The van der Waals surface area contributed by atoms with Crippen molar-refractivity contribution in [1.29, 1.82) is 5.26 Å². The topological polar surface area (TPSA) is 61.1 Å². The van der Waals surface area contributed by atoms with E-state index in [1.54, 1.807) is 0 Å². The minimum absolute atomic E-state index is 0.182. The van der Waals surface area contributed by atoms with E-state index >= 15 is 0 Å². The number of nitriles is 1. The van der Waals surface area contributed by atoms with E-state index in [1.165, 1.54) is 18.2 Å². The highest BCUT2D eigenvalue weighted by molar-refractivity contribution is 6.30. The Morgan fingerprint density at radius 1 is 1.64 bits per heavy atom. The molecule has 1 atom stereocenters. The van der Waals surface area contributed by atoms with Crippen LogP contribution in [-0.4, -0.2) is 11.1 Å². The summed E-state index contributed by atoms with van der Waals surface area (Å²) in [5, 5.41) is 17.2. The second kappa shape index (κ2) is 3.64. The second-order valence-corrected chi connectivity index (χ2v) is 3.02. The smallest absolute Gasteiger partial charge is 0.361 e. The van der Waals surface area contributed by atoms with Crippen LogP contribution in [0.1, 0.15) is 5.56 Å². The van der Waals surface area contributed by atoms with Crippen LogP contribution in [0.5, 0.6) is 0 Å². The standard InChI is InChI=1S/C9H5ClFNO2/c10-7-3-1-2-6(4-7)9(11,5-12)8(13)14/h1-4H,(H,13,14)/t9-/m1/s1. The molecule has 0 aliphatic heterocycles. The second-order valence-electron chi connectivity index (χ2n) is 2.59. The van der Waals surface area contributed by atoms with Crippen molar-refractivity contribution in [2.45, 2.75) is 5.67 Å². The zero-order valence-corrected chi connectivity index (χ0v) is 7.62. The monoisotopic (exact) mass is 213 g/mol. The number of benzene rings is 1. The van der Waals surface area contributed by atoms with Crippen LogP contribution in [-0.2, 0) is 10.5 Å². The van der Waals surface area contributed by atoms with Gasteiger partial charge >= 0.3 is 11.6 Å². The molecule has 5 heteroatoms. The van der Waals surface area contributed by atoms with Crippen molar-refractivity contribution in [2.24, 2.45) is 0 Å². The first-order valence-electron chi connectivity index (χ1n) is 3.60. The Labute approximate surface area is 84.3 Å². The number of nitrogens with zero attached hydrogens (tertiary/aromatic N) is 1. The van der Waals surface area contributed by atoms with Gasteiger partial charge in [0.05, 0.1) is 0 Å². The zero-order chi connectivity index (χ0) is 10.8. The molecule has 0 aliphatic carbocycles. The Bertz CT molecular complexity index is 416. The fourth-order valence-corrected chi connectivity index (χ4v) is 1.13. The first-order valence-corrected chi connectivity index (χ1v) is 3.98. The number of halogens is 2. The number of rotatable bonds is 2. The van der Waals surface area contributed by atoms with Crippen LogP contribution in [0.2, 0.25) is 5.02 Å². The van der Waals surface area contributed by atoms with Gasteiger partial charge in [0.1, 0.15) is 6.07 Å². The Morgan fingerprint density at radius 2 is 2.29 bits per heavy atom. The van der Waals surface area contributed by atoms with E-state index in [0.717, 1.165) is 12.1 Å². The summed E-state index contributed by atoms with van der Waals surface area (Å²) in [5.74, 6) is -1.85. The normalized spacial score (nSPS) is 14.1. The lowest BCUT2D eigenvalue weighted by Crippen LogP contribution is -2.28. The average Bonchev–Trinajstić information content (AvgIpc) is 2.16. The fourth-order valence-electron chi connectivity index (χ4n) is 0.939. The molecule has 0 radical (unpaired) electrons. The maximum Gasteiger partial charge on any atom is 0.361 e. The summed E-state index contributed by atoms with van der Waals surface area (Å²) in [6.07, 6.45) is 0. The predicted molar refractivity (Wildman–Crippen MR) is 47.5 cm³/mol. The van der Waals surface area contributed by atoms with Gasteiger partial charge in [0.15, 0.2) is 0 Å². The van der Waals surface area contributed by atoms with Crippen LogP contribution in [0.25, 0.3) is 0 Å². The van der Waals surface area contributed by atoms with E-state index in [4.69, 9.17) is 22.0 Å². The summed E-state index contributed by atoms with van der Waals surface area (Å²) in [7, 11) is 0. The minimum Gasteiger partial charge on any atom is -0.478 e. The summed E-state index contributed by atoms with van der Waals surface area (Å²) < 4.78 is 13.5. The number of aliphatic carboxylic acids is 1. The molecule has 0 spiro atoms. The zero-order valence-electron chi connectivity index (χ0n) is 6.87. The number of carbonyl (C=O) groups is 1. The van der Waals surface area contributed by atoms with Crippen molar-refractivity contribution in [2.75, 3.05) is 0 Å². The molecule has 1 rings (SSSR count). The highest BCUT2D eigenvalue weighted by Crippen LogP contribution is 2.27. The van der Waals surface area contributed by atoms with E-state index in [1.807, 2.05) is 0 Å². The van der Waals surface area contributed by atoms with E-state index in [-0.39, 0.29) is 10.6 Å². The van der Waals surface area contributed by atoms with Gasteiger partial charge in [-0.1, -0.05) is 23.7 Å². The van der Waals surface area contributed by atoms with E-state index < -0.39 is 11.6 Å². The molecule has 0 bridgehead atoms. The summed E-state index contributed by atoms with van der Waals surface area (Å²) in [5.41, 5.74) is -3.31. The van der Waals surface area contributed by atoms with Gasteiger partial charge in [-0.3, -0.25) is 0 Å². The summed E-state index contributed by atoms with van der Waals surface area (Å²) >= 11 is 5.54. The fraction of sp³-hybridized carbons (Fsp3) is 0.111. The lowest BCUT2D eigenvalue weighted by molar-refractivity contribution is -0.147. The third kappa shape index (κ3) is 1.68. The number of carboxylic acid groups (broad SMARTS) is 1. The SMILES string of the molecule is N#C[C@](F)(C(=O)O)c1cccc(Cl)c1. The highest BCUT2D eigenvalue weighted by atomic mass is 35.5. The lowest BCUT2D eigenvalue weighted by Gasteiger charge is -2.12. The molecular formula is C9H5ClFNO2. The van der Waals surface area contributed by atoms with Crippen LogP contribution in [0.3, 0.4) is 0 Å². The van der Waals surface area contributed by atoms with Gasteiger partial charge in [0.2, 0.25) is 0 Å². The molecule has 14 heavy (non-hydrogen) atoms. The Hall–Kier alpha value is -1.60. The van der Waals surface area contributed by atoms with Gasteiger partial charge in [-0.2, -0.15) is 5.26 Å². The molecule has 3 nitrogen and oxygen atoms in total. The first kappa shape index (κ1) is 10.5. The third-order valence-electron chi connectivity index (χ3n) is 1.67. The molecule has 0 fully saturated rings. The van der Waals surface area contributed by atoms with Crippen LogP contribution in [0.15, 0.2) is 24.3 Å². The molecule has 0 heterocycles. The van der Waals surface area contributed by atoms with Gasteiger partial charge in [0.25, 0.3) is 0 Å². The van der Waals surface area contributed by atoms with Crippen LogP contribution < -0.4 is 0 Å². The Balaban J connectivity index is 3.28. The van der Waals surface area contributed by atoms with Crippen molar-refractivity contribution in [1.82, 2.24) is 0 Å². The summed E-state index contributed by atoms with van der Waals surface area (Å²) in [4.78, 5) is 10.5. The van der Waals surface area contributed by atoms with Crippen molar-refractivity contribution in [3.05, 3.63) is 34.9 Å². The molecule has 1 N–H and O–H groups in total. The number of hydrogen-bond donors (Lipinski definition) is 1. The lowest BCUT2D eigenvalue weighted by atomic mass is 9.98. The third-order valence-corrected chi connectivity index (χ3v) is 1.91. The van der Waals surface area contributed by atoms with Crippen molar-refractivity contribution < 1.29 is 14.3 Å². The predicted octanol–water partition coefficient (Wildman–Crippen LogP) is 2.11. The molecular weight excluding hydrogens is 209 g/mol. The maximum atomic E-state index is 13.5. The van der Waals surface area contributed by atoms with E-state index in [9.17, 15) is 9.18 Å². The van der Waals surface area contributed by atoms with Crippen molar-refractivity contribution in [3.8, 4) is 6.07 Å². The van der Waals surface area contributed by atoms with Gasteiger partial charge < -0.3 is 5.11 Å². The van der Waals surface area contributed by atoms with Gasteiger partial charge in [-0.25, -0.2) is 9.18 Å². The average molecular weight is 214 g/mol. The van der Waals surface area contributed by atoms with Gasteiger partial charge in [-0.05, 0) is 12.1 Å². The molecule has 0 aromatic heterocycles. The largest absolute Gasteiger partial charge is 0.478 e. The van der Waals surface area contributed by atoms with E-state index in [0.29, 0.717) is 0 Å². The highest BCUT2D eigenvalue weighted by Gasteiger charge is 2.41. The Morgan fingerprint density at radius 3 is 2.71 bits per heavy atom. The molecule has 0 saturated carbocycles. The summed E-state index contributed by atoms with van der Waals surface area (Å²) in [6.45, 7) is 0. The van der Waals surface area contributed by atoms with E-state index in [2.05, 4.69) is 0 Å². The molecule has 72 valence electrons. The Kier molecular flexibility index (Phi) is 2.73. The molecule has 1 aromatic rings. The van der Waals surface area contributed by atoms with Crippen molar-refractivity contribution in [3.63, 3.8) is 0 Å². The molecule has 0 saturated heterocycles. The molecule has 0 amide bonds. The molecule has 0 unspecified atom stereocenters. The minimum atomic E-state index is -3.04. The quantitative estimate of drug-likeness (QED) is 0.819. The molecule has 0 aliphatic rings. The van der Waals surface area contributed by atoms with Crippen LogP contribution in [0.4, 0.5) is 4.39 Å². The van der Waals surface area contributed by atoms with Crippen LogP contribution in [0, 0.1) is 11.3 Å². The van der Waals surface area contributed by atoms with Gasteiger partial charge in [-0.15, -0.1) is 0 Å². The van der Waals surface area contributed by atoms with Crippen molar-refractivity contribution >= 4 is 17.6 Å². The number of alkyl halides is 1. The summed E-state index contributed by atoms with van der Waals surface area (Å²) in [6, 6.07) is 6.25. The molecule has 1 aromatic carbocycles. The number of carboxylic acids is 1.